The fourth-order valence-corrected chi connectivity index (χ4v) is 1.60. The summed E-state index contributed by atoms with van der Waals surface area (Å²) >= 11 is 0. The third-order valence-corrected chi connectivity index (χ3v) is 2.55. The molecule has 2 rings (SSSR count). The normalized spacial score (nSPS) is 27.3. The van der Waals surface area contributed by atoms with Gasteiger partial charge in [0, 0.05) is 0 Å². The summed E-state index contributed by atoms with van der Waals surface area (Å²) in [6.45, 7) is 0. The van der Waals surface area contributed by atoms with Crippen molar-refractivity contribution in [1.82, 2.24) is 0 Å². The Labute approximate surface area is 105 Å². The molecule has 1 aromatic rings. The van der Waals surface area contributed by atoms with E-state index in [-0.39, 0.29) is 11.8 Å². The van der Waals surface area contributed by atoms with E-state index < -0.39 is 5.72 Å². The molecule has 0 radical (unpaired) electrons. The number of nitrogens with zero attached hydrogens (tertiary/aromatic N) is 2. The average Bonchev–Trinajstić information content (AvgIpc) is 2.38. The summed E-state index contributed by atoms with van der Waals surface area (Å²) in [6.07, 6.45) is 4.75. The highest BCUT2D eigenvalue weighted by Gasteiger charge is 2.28. The van der Waals surface area contributed by atoms with Crippen LogP contribution in [0, 0.1) is 0 Å². The highest BCUT2D eigenvalue weighted by molar-refractivity contribution is 5.35. The van der Waals surface area contributed by atoms with Crippen LogP contribution < -0.4 is 5.73 Å². The minimum Gasteiger partial charge on any atom is -0.496 e. The van der Waals surface area contributed by atoms with E-state index in [1.807, 2.05) is 30.3 Å². The van der Waals surface area contributed by atoms with E-state index in [1.54, 1.807) is 12.2 Å². The Morgan fingerprint density at radius 3 is 2.72 bits per heavy atom. The second kappa shape index (κ2) is 5.12. The second-order valence-electron chi connectivity index (χ2n) is 3.96. The van der Waals surface area contributed by atoms with Gasteiger partial charge < -0.3 is 9.84 Å². The first kappa shape index (κ1) is 12.5. The lowest BCUT2D eigenvalue weighted by molar-refractivity contribution is 0.0663. The lowest BCUT2D eigenvalue weighted by Crippen LogP contribution is -2.42. The van der Waals surface area contributed by atoms with E-state index >= 15 is 0 Å². The topological polar surface area (TPSA) is 80.2 Å². The van der Waals surface area contributed by atoms with Crippen LogP contribution in [0.4, 0.5) is 5.69 Å². The minimum absolute atomic E-state index is 0.266. The fourth-order valence-electron chi connectivity index (χ4n) is 1.60. The first-order valence-corrected chi connectivity index (χ1v) is 5.54. The van der Waals surface area contributed by atoms with Gasteiger partial charge in [-0.2, -0.15) is 10.2 Å². The maximum Gasteiger partial charge on any atom is 0.191 e. The predicted octanol–water partition coefficient (Wildman–Crippen LogP) is 1.89. The molecule has 0 spiro atoms. The van der Waals surface area contributed by atoms with Crippen LogP contribution in [0.3, 0.4) is 0 Å². The molecule has 0 saturated heterocycles. The molecule has 0 aromatic heterocycles. The van der Waals surface area contributed by atoms with Gasteiger partial charge in [-0.1, -0.05) is 24.3 Å². The van der Waals surface area contributed by atoms with Gasteiger partial charge in [0.25, 0.3) is 0 Å². The molecule has 0 saturated carbocycles. The van der Waals surface area contributed by atoms with Crippen LogP contribution in [0.15, 0.2) is 64.5 Å². The van der Waals surface area contributed by atoms with Gasteiger partial charge in [0.2, 0.25) is 0 Å². The van der Waals surface area contributed by atoms with Crippen molar-refractivity contribution in [2.75, 3.05) is 7.11 Å². The molecule has 2 atom stereocenters. The van der Waals surface area contributed by atoms with Gasteiger partial charge in [0.15, 0.2) is 5.72 Å². The summed E-state index contributed by atoms with van der Waals surface area (Å²) < 4.78 is 5.02. The summed E-state index contributed by atoms with van der Waals surface area (Å²) in [5.74, 6) is 0.266. The van der Waals surface area contributed by atoms with E-state index in [0.717, 1.165) is 5.69 Å². The molecule has 0 amide bonds. The summed E-state index contributed by atoms with van der Waals surface area (Å²) in [5, 5.41) is 18.0. The Morgan fingerprint density at radius 2 is 2.06 bits per heavy atom. The molecule has 5 heteroatoms. The van der Waals surface area contributed by atoms with E-state index in [2.05, 4.69) is 10.2 Å². The van der Waals surface area contributed by atoms with Crippen molar-refractivity contribution in [2.24, 2.45) is 16.0 Å². The average molecular weight is 245 g/mol. The smallest absolute Gasteiger partial charge is 0.191 e. The number of rotatable bonds is 3. The van der Waals surface area contributed by atoms with Crippen LogP contribution in [0.1, 0.15) is 0 Å². The van der Waals surface area contributed by atoms with E-state index in [0.29, 0.717) is 0 Å². The third-order valence-electron chi connectivity index (χ3n) is 2.55. The lowest BCUT2D eigenvalue weighted by atomic mass is 10.0. The monoisotopic (exact) mass is 245 g/mol. The van der Waals surface area contributed by atoms with E-state index in [9.17, 15) is 5.11 Å². The predicted molar refractivity (Wildman–Crippen MR) is 68.1 cm³/mol. The third kappa shape index (κ3) is 2.82. The van der Waals surface area contributed by atoms with Gasteiger partial charge in [0.1, 0.15) is 11.8 Å². The van der Waals surface area contributed by atoms with Crippen molar-refractivity contribution in [3.8, 4) is 0 Å². The summed E-state index contributed by atoms with van der Waals surface area (Å²) in [4.78, 5) is 0. The molecule has 1 aliphatic carbocycles. The molecule has 94 valence electrons. The van der Waals surface area contributed by atoms with Crippen LogP contribution in [0.2, 0.25) is 0 Å². The first-order chi connectivity index (χ1) is 8.62. The molecular weight excluding hydrogens is 230 g/mol. The molecular formula is C13H15N3O2. The Bertz CT molecular complexity index is 492. The van der Waals surface area contributed by atoms with Gasteiger partial charge in [-0.05, 0) is 24.3 Å². The number of benzene rings is 1. The van der Waals surface area contributed by atoms with Gasteiger partial charge >= 0.3 is 0 Å². The number of nitrogens with two attached hydrogens (primary N) is 1. The summed E-state index contributed by atoms with van der Waals surface area (Å²) in [6, 6.07) is 9.12. The SMILES string of the molecule is COC1=CC(/N=N/c2ccccc2)C=CC1(N)O. The van der Waals surface area contributed by atoms with Crippen LogP contribution >= 0.6 is 0 Å². The molecule has 0 fully saturated rings. The standard InChI is InChI=1S/C13H15N3O2/c1-18-12-9-11(7-8-13(12,14)17)16-15-10-5-3-2-4-6-10/h2-9,11,17H,14H2,1H3/b16-15+. The zero-order chi connectivity index (χ0) is 13.0. The molecule has 1 aliphatic rings. The number of hydrogen-bond donors (Lipinski definition) is 2. The Morgan fingerprint density at radius 1 is 1.33 bits per heavy atom. The van der Waals surface area contributed by atoms with Crippen molar-refractivity contribution < 1.29 is 9.84 Å². The highest BCUT2D eigenvalue weighted by Crippen LogP contribution is 2.22. The lowest BCUT2D eigenvalue weighted by Gasteiger charge is -2.25. The number of methoxy groups -OCH3 is 1. The second-order valence-corrected chi connectivity index (χ2v) is 3.96. The molecule has 1 aromatic carbocycles. The first-order valence-electron chi connectivity index (χ1n) is 5.54. The molecule has 18 heavy (non-hydrogen) atoms. The Hall–Kier alpha value is -1.98. The summed E-state index contributed by atoms with van der Waals surface area (Å²) in [7, 11) is 1.45. The van der Waals surface area contributed by atoms with Gasteiger partial charge in [-0.25, -0.2) is 0 Å². The number of azo groups is 1. The van der Waals surface area contributed by atoms with Crippen LogP contribution in [-0.2, 0) is 4.74 Å². The highest BCUT2D eigenvalue weighted by atomic mass is 16.5. The van der Waals surface area contributed by atoms with Crippen molar-refractivity contribution in [1.29, 1.82) is 0 Å². The fraction of sp³-hybridized carbons (Fsp3) is 0.231. The zero-order valence-corrected chi connectivity index (χ0v) is 10.0. The molecule has 0 aliphatic heterocycles. The molecule has 0 bridgehead atoms. The molecule has 0 heterocycles. The van der Waals surface area contributed by atoms with Gasteiger partial charge in [-0.15, -0.1) is 0 Å². The Balaban J connectivity index is 2.13. The largest absolute Gasteiger partial charge is 0.496 e. The van der Waals surface area contributed by atoms with E-state index in [4.69, 9.17) is 10.5 Å². The van der Waals surface area contributed by atoms with Gasteiger partial charge in [-0.3, -0.25) is 5.73 Å². The van der Waals surface area contributed by atoms with Crippen LogP contribution in [0.25, 0.3) is 0 Å². The number of hydrogen-bond acceptors (Lipinski definition) is 5. The summed E-state index contributed by atoms with van der Waals surface area (Å²) in [5.41, 5.74) is 4.81. The van der Waals surface area contributed by atoms with Crippen LogP contribution in [0.5, 0.6) is 0 Å². The van der Waals surface area contributed by atoms with Gasteiger partial charge in [0.05, 0.1) is 12.8 Å². The van der Waals surface area contributed by atoms with Crippen LogP contribution in [-0.4, -0.2) is 24.0 Å². The van der Waals surface area contributed by atoms with Crippen molar-refractivity contribution in [2.45, 2.75) is 11.8 Å². The van der Waals surface area contributed by atoms with Crippen molar-refractivity contribution >= 4 is 5.69 Å². The molecule has 5 nitrogen and oxygen atoms in total. The quantitative estimate of drug-likeness (QED) is 0.484. The number of aliphatic hydroxyl groups is 1. The molecule has 2 unspecified atom stereocenters. The van der Waals surface area contributed by atoms with Crippen molar-refractivity contribution in [3.63, 3.8) is 0 Å². The zero-order valence-electron chi connectivity index (χ0n) is 10.0. The minimum atomic E-state index is -1.56. The van der Waals surface area contributed by atoms with E-state index in [1.165, 1.54) is 13.2 Å². The Kier molecular flexibility index (Phi) is 3.55. The molecule has 3 N–H and O–H groups in total. The maximum atomic E-state index is 9.76. The number of ether oxygens (including phenoxy) is 1. The maximum absolute atomic E-state index is 9.76. The van der Waals surface area contributed by atoms with Crippen molar-refractivity contribution in [3.05, 3.63) is 54.3 Å².